The molecule has 0 radical (unpaired) electrons. The molecular weight excluding hydrogens is 288 g/mol. The smallest absolute Gasteiger partial charge is 0.160 e. The Hall–Kier alpha value is -0.670. The Bertz CT molecular complexity index is 519. The number of ketones is 1. The van der Waals surface area contributed by atoms with Gasteiger partial charge in [-0.2, -0.15) is 0 Å². The summed E-state index contributed by atoms with van der Waals surface area (Å²) in [5, 5.41) is 0. The molecule has 3 aliphatic carbocycles. The molecule has 1 spiro atoms. The van der Waals surface area contributed by atoms with Crippen LogP contribution in [0, 0.1) is 40.4 Å². The Kier molecular flexibility index (Phi) is 3.55. The summed E-state index contributed by atoms with van der Waals surface area (Å²) in [5.41, 5.74) is 0.149. The van der Waals surface area contributed by atoms with Gasteiger partial charge in [-0.05, 0) is 48.3 Å². The summed E-state index contributed by atoms with van der Waals surface area (Å²) < 4.78 is 11.5. The van der Waals surface area contributed by atoms with E-state index in [9.17, 15) is 4.79 Å². The van der Waals surface area contributed by atoms with Crippen molar-refractivity contribution in [1.29, 1.82) is 0 Å². The second kappa shape index (κ2) is 5.16. The Morgan fingerprint density at radius 3 is 2.52 bits per heavy atom. The van der Waals surface area contributed by atoms with Crippen LogP contribution in [-0.2, 0) is 14.3 Å². The summed E-state index contributed by atoms with van der Waals surface area (Å²) in [7, 11) is 0. The van der Waals surface area contributed by atoms with Crippen LogP contribution >= 0.6 is 0 Å². The van der Waals surface area contributed by atoms with Crippen molar-refractivity contribution in [3.63, 3.8) is 0 Å². The summed E-state index contributed by atoms with van der Waals surface area (Å²) >= 11 is 0. The number of allylic oxidation sites excluding steroid dienone is 1. The molecule has 6 atom stereocenters. The molecule has 4 fully saturated rings. The van der Waals surface area contributed by atoms with Gasteiger partial charge in [0.2, 0.25) is 0 Å². The molecule has 128 valence electrons. The predicted octanol–water partition coefficient (Wildman–Crippen LogP) is 3.83. The predicted molar refractivity (Wildman–Crippen MR) is 88.7 cm³/mol. The number of carbonyl (C=O) groups is 1. The highest BCUT2D eigenvalue weighted by Gasteiger charge is 2.66. The number of Topliss-reactive ketones (excluding diaryl/α,β-unsaturated/α-hetero) is 1. The summed E-state index contributed by atoms with van der Waals surface area (Å²) in [6, 6.07) is 0. The highest BCUT2D eigenvalue weighted by atomic mass is 16.7. The lowest BCUT2D eigenvalue weighted by molar-refractivity contribution is -0.134. The average Bonchev–Trinajstić information content (AvgIpc) is 2.99. The molecule has 4 aliphatic rings. The summed E-state index contributed by atoms with van der Waals surface area (Å²) in [6.07, 6.45) is 5.81. The molecule has 0 amide bonds. The van der Waals surface area contributed by atoms with Gasteiger partial charge in [0.25, 0.3) is 0 Å². The second-order valence-electron chi connectivity index (χ2n) is 8.99. The fourth-order valence-electron chi connectivity index (χ4n) is 6.24. The summed E-state index contributed by atoms with van der Waals surface area (Å²) in [6.45, 7) is 12.4. The molecule has 4 rings (SSSR count). The van der Waals surface area contributed by atoms with Gasteiger partial charge in [-0.15, -0.1) is 6.58 Å². The molecule has 0 N–H and O–H groups in total. The van der Waals surface area contributed by atoms with Gasteiger partial charge in [-0.25, -0.2) is 0 Å². The van der Waals surface area contributed by atoms with E-state index in [1.807, 2.05) is 6.08 Å². The lowest BCUT2D eigenvalue weighted by Gasteiger charge is -2.38. The second-order valence-corrected chi connectivity index (χ2v) is 8.99. The standard InChI is InChI=1S/C20H30O3/c1-5-14-9-13(18-22-6-7-23-18)11-20(14)12(2)8-15-16(10-17(20)21)19(15,3)4/h5,12-16,18H,1,6-11H2,2-4H3/t12-,13+,14-,15-,16+,20-/m1/s1. The Morgan fingerprint density at radius 2 is 1.87 bits per heavy atom. The average molecular weight is 318 g/mol. The van der Waals surface area contributed by atoms with Gasteiger partial charge < -0.3 is 9.47 Å². The minimum atomic E-state index is -0.217. The van der Waals surface area contributed by atoms with E-state index in [0.29, 0.717) is 42.2 Å². The molecule has 3 heteroatoms. The minimum absolute atomic E-state index is 0.106. The van der Waals surface area contributed by atoms with Crippen molar-refractivity contribution >= 4 is 5.78 Å². The normalized spacial score (nSPS) is 49.2. The van der Waals surface area contributed by atoms with Gasteiger partial charge in [0, 0.05) is 17.8 Å². The van der Waals surface area contributed by atoms with E-state index in [0.717, 1.165) is 25.2 Å². The van der Waals surface area contributed by atoms with Crippen LogP contribution in [0.3, 0.4) is 0 Å². The van der Waals surface area contributed by atoms with Gasteiger partial charge in [-0.1, -0.05) is 26.8 Å². The highest BCUT2D eigenvalue weighted by molar-refractivity contribution is 5.87. The monoisotopic (exact) mass is 318 g/mol. The number of rotatable bonds is 2. The van der Waals surface area contributed by atoms with Crippen LogP contribution in [0.15, 0.2) is 12.7 Å². The Balaban J connectivity index is 1.62. The van der Waals surface area contributed by atoms with Crippen molar-refractivity contribution in [2.24, 2.45) is 40.4 Å². The van der Waals surface area contributed by atoms with Crippen LogP contribution in [-0.4, -0.2) is 25.3 Å². The first-order valence-corrected chi connectivity index (χ1v) is 9.30. The fraction of sp³-hybridized carbons (Fsp3) is 0.850. The first kappa shape index (κ1) is 15.8. The van der Waals surface area contributed by atoms with E-state index in [1.165, 1.54) is 6.42 Å². The third-order valence-corrected chi connectivity index (χ3v) is 7.83. The van der Waals surface area contributed by atoms with E-state index in [1.54, 1.807) is 0 Å². The zero-order valence-corrected chi connectivity index (χ0v) is 14.7. The molecule has 1 saturated heterocycles. The van der Waals surface area contributed by atoms with Crippen LogP contribution in [0.1, 0.15) is 46.5 Å². The van der Waals surface area contributed by atoms with E-state index < -0.39 is 0 Å². The molecule has 1 heterocycles. The zero-order valence-electron chi connectivity index (χ0n) is 14.7. The molecule has 0 aromatic heterocycles. The van der Waals surface area contributed by atoms with Gasteiger partial charge in [0.15, 0.2) is 6.29 Å². The maximum Gasteiger partial charge on any atom is 0.160 e. The molecular formula is C20H30O3. The van der Waals surface area contributed by atoms with Crippen LogP contribution in [0.2, 0.25) is 0 Å². The van der Waals surface area contributed by atoms with Gasteiger partial charge in [0.05, 0.1) is 13.2 Å². The van der Waals surface area contributed by atoms with Crippen molar-refractivity contribution in [3.05, 3.63) is 12.7 Å². The first-order valence-electron chi connectivity index (χ1n) is 9.30. The molecule has 0 aromatic rings. The molecule has 0 aromatic carbocycles. The number of hydrogen-bond acceptors (Lipinski definition) is 3. The van der Waals surface area contributed by atoms with Gasteiger partial charge in [-0.3, -0.25) is 4.79 Å². The topological polar surface area (TPSA) is 35.5 Å². The first-order chi connectivity index (χ1) is 10.9. The van der Waals surface area contributed by atoms with E-state index >= 15 is 0 Å². The van der Waals surface area contributed by atoms with Crippen molar-refractivity contribution in [2.75, 3.05) is 13.2 Å². The van der Waals surface area contributed by atoms with E-state index in [2.05, 4.69) is 27.4 Å². The lowest BCUT2D eigenvalue weighted by Crippen LogP contribution is -2.40. The molecule has 23 heavy (non-hydrogen) atoms. The molecule has 3 saturated carbocycles. The Morgan fingerprint density at radius 1 is 1.17 bits per heavy atom. The molecule has 3 nitrogen and oxygen atoms in total. The Labute approximate surface area is 139 Å². The van der Waals surface area contributed by atoms with Crippen LogP contribution < -0.4 is 0 Å². The van der Waals surface area contributed by atoms with Crippen molar-refractivity contribution in [1.82, 2.24) is 0 Å². The van der Waals surface area contributed by atoms with Gasteiger partial charge in [0.1, 0.15) is 5.78 Å². The third-order valence-electron chi connectivity index (χ3n) is 7.83. The maximum absolute atomic E-state index is 13.4. The number of fused-ring (bicyclic) bond motifs is 1. The SMILES string of the molecule is C=C[C@@H]1C[C@H](C2OCCO2)C[C@]12C(=O)C[C@H]1[C@@H](C[C@H]2C)C1(C)C. The molecule has 1 aliphatic heterocycles. The summed E-state index contributed by atoms with van der Waals surface area (Å²) in [5.74, 6) is 2.87. The zero-order chi connectivity index (χ0) is 16.4. The fourth-order valence-corrected chi connectivity index (χ4v) is 6.24. The lowest BCUT2D eigenvalue weighted by atomic mass is 9.64. The maximum atomic E-state index is 13.4. The van der Waals surface area contributed by atoms with Crippen LogP contribution in [0.4, 0.5) is 0 Å². The molecule has 0 bridgehead atoms. The number of carbonyl (C=O) groups excluding carboxylic acids is 1. The van der Waals surface area contributed by atoms with Crippen molar-refractivity contribution in [3.8, 4) is 0 Å². The molecule has 0 unspecified atom stereocenters. The van der Waals surface area contributed by atoms with Crippen molar-refractivity contribution < 1.29 is 14.3 Å². The van der Waals surface area contributed by atoms with Crippen LogP contribution in [0.5, 0.6) is 0 Å². The number of ether oxygens (including phenoxy) is 2. The van der Waals surface area contributed by atoms with Crippen molar-refractivity contribution in [2.45, 2.75) is 52.7 Å². The van der Waals surface area contributed by atoms with E-state index in [-0.39, 0.29) is 17.6 Å². The third kappa shape index (κ3) is 2.12. The summed E-state index contributed by atoms with van der Waals surface area (Å²) in [4.78, 5) is 13.4. The highest BCUT2D eigenvalue weighted by Crippen LogP contribution is 2.69. The minimum Gasteiger partial charge on any atom is -0.350 e. The number of hydrogen-bond donors (Lipinski definition) is 0. The van der Waals surface area contributed by atoms with Gasteiger partial charge >= 0.3 is 0 Å². The van der Waals surface area contributed by atoms with E-state index in [4.69, 9.17) is 9.47 Å². The quantitative estimate of drug-likeness (QED) is 0.726. The van der Waals surface area contributed by atoms with Crippen LogP contribution in [0.25, 0.3) is 0 Å². The largest absolute Gasteiger partial charge is 0.350 e.